The Hall–Kier alpha value is -2.77. The first-order valence-corrected chi connectivity index (χ1v) is 12.7. The molecule has 2 saturated heterocycles. The first kappa shape index (κ1) is 31.4. The van der Waals surface area contributed by atoms with Crippen molar-refractivity contribution in [2.24, 2.45) is 11.8 Å². The van der Waals surface area contributed by atoms with Gasteiger partial charge >= 0.3 is 12.1 Å². The summed E-state index contributed by atoms with van der Waals surface area (Å²) in [6.45, 7) is 2.73. The second kappa shape index (κ2) is 15.0. The van der Waals surface area contributed by atoms with Gasteiger partial charge in [-0.05, 0) is 68.8 Å². The molecular weight excluding hydrogens is 523 g/mol. The van der Waals surface area contributed by atoms with Gasteiger partial charge in [0, 0.05) is 19.5 Å². The number of halogens is 4. The van der Waals surface area contributed by atoms with Crippen LogP contribution in [0.1, 0.15) is 56.1 Å². The summed E-state index contributed by atoms with van der Waals surface area (Å²) in [5.74, 6) is 1.60. The molecule has 2 aliphatic heterocycles. The van der Waals surface area contributed by atoms with Gasteiger partial charge in [0.1, 0.15) is 12.6 Å². The van der Waals surface area contributed by atoms with Crippen molar-refractivity contribution < 1.29 is 32.3 Å². The summed E-state index contributed by atoms with van der Waals surface area (Å²) in [5.41, 5.74) is -0.391. The number of alkyl halides is 3. The molecule has 0 bridgehead atoms. The Morgan fingerprint density at radius 1 is 1.16 bits per heavy atom. The average Bonchev–Trinajstić information content (AvgIpc) is 2.90. The Labute approximate surface area is 227 Å². The minimum absolute atomic E-state index is 0. The summed E-state index contributed by atoms with van der Waals surface area (Å²) in [7, 11) is 0. The number of esters is 1. The number of hydrogen-bond acceptors (Lipinski definition) is 5. The molecule has 0 unspecified atom stereocenters. The van der Waals surface area contributed by atoms with Gasteiger partial charge in [0.15, 0.2) is 0 Å². The lowest BCUT2D eigenvalue weighted by molar-refractivity contribution is -0.145. The van der Waals surface area contributed by atoms with E-state index < -0.39 is 29.7 Å². The number of nitrogens with zero attached hydrogens (tertiary/aromatic N) is 1. The second-order valence-corrected chi connectivity index (χ2v) is 9.70. The number of likely N-dealkylation sites (tertiary alicyclic amines) is 1. The van der Waals surface area contributed by atoms with E-state index in [-0.39, 0.29) is 37.2 Å². The molecule has 2 amide bonds. The van der Waals surface area contributed by atoms with Crippen LogP contribution < -0.4 is 10.6 Å². The van der Waals surface area contributed by atoms with Crippen LogP contribution >= 0.6 is 12.4 Å². The molecule has 0 radical (unpaired) electrons. The molecule has 0 aromatic heterocycles. The molecule has 11 heteroatoms. The third-order valence-corrected chi connectivity index (χ3v) is 6.94. The lowest BCUT2D eigenvalue weighted by Gasteiger charge is -2.33. The molecule has 1 aromatic rings. The molecule has 0 saturated carbocycles. The van der Waals surface area contributed by atoms with Crippen LogP contribution in [0.5, 0.6) is 0 Å². The molecule has 38 heavy (non-hydrogen) atoms. The van der Waals surface area contributed by atoms with E-state index in [1.165, 1.54) is 12.1 Å². The van der Waals surface area contributed by atoms with Crippen molar-refractivity contribution in [3.8, 4) is 12.3 Å². The van der Waals surface area contributed by atoms with E-state index in [4.69, 9.17) is 11.2 Å². The minimum Gasteiger partial charge on any atom is -0.461 e. The van der Waals surface area contributed by atoms with Gasteiger partial charge in [-0.1, -0.05) is 18.1 Å². The maximum atomic E-state index is 12.8. The van der Waals surface area contributed by atoms with Crippen LogP contribution in [0.3, 0.4) is 0 Å². The minimum atomic E-state index is -4.44. The van der Waals surface area contributed by atoms with Gasteiger partial charge in [-0.2, -0.15) is 13.2 Å². The number of nitrogens with one attached hydrogen (secondary N) is 2. The lowest BCUT2D eigenvalue weighted by Crippen LogP contribution is -2.47. The highest BCUT2D eigenvalue weighted by Crippen LogP contribution is 2.29. The zero-order chi connectivity index (χ0) is 26.8. The molecule has 2 atom stereocenters. The summed E-state index contributed by atoms with van der Waals surface area (Å²) >= 11 is 0. The first-order valence-electron chi connectivity index (χ1n) is 12.7. The quantitative estimate of drug-likeness (QED) is 0.357. The lowest BCUT2D eigenvalue weighted by atomic mass is 9.92. The molecule has 2 N–H and O–H groups in total. The van der Waals surface area contributed by atoms with Gasteiger partial charge in [-0.15, -0.1) is 18.8 Å². The number of carbonyl (C=O) groups excluding carboxylic acids is 3. The second-order valence-electron chi connectivity index (χ2n) is 9.70. The van der Waals surface area contributed by atoms with E-state index in [1.54, 1.807) is 4.90 Å². The van der Waals surface area contributed by atoms with Gasteiger partial charge < -0.3 is 20.3 Å². The predicted molar refractivity (Wildman–Crippen MR) is 138 cm³/mol. The van der Waals surface area contributed by atoms with Gasteiger partial charge in [-0.25, -0.2) is 0 Å². The normalized spacial score (nSPS) is 19.0. The van der Waals surface area contributed by atoms with Crippen molar-refractivity contribution in [2.75, 3.05) is 26.2 Å². The van der Waals surface area contributed by atoms with Crippen molar-refractivity contribution in [3.63, 3.8) is 0 Å². The van der Waals surface area contributed by atoms with Crippen LogP contribution in [-0.2, 0) is 31.9 Å². The Kier molecular flexibility index (Phi) is 12.4. The topological polar surface area (TPSA) is 87.7 Å². The molecule has 7 nitrogen and oxygen atoms in total. The number of carbonyl (C=O) groups is 3. The van der Waals surface area contributed by atoms with Crippen LogP contribution in [0.2, 0.25) is 0 Å². The Bertz CT molecular complexity index is 975. The number of benzene rings is 1. The molecule has 0 aliphatic carbocycles. The Morgan fingerprint density at radius 3 is 2.47 bits per heavy atom. The fourth-order valence-electron chi connectivity index (χ4n) is 4.69. The van der Waals surface area contributed by atoms with Crippen LogP contribution in [-0.4, -0.2) is 54.9 Å². The zero-order valence-corrected chi connectivity index (χ0v) is 22.0. The molecule has 210 valence electrons. The highest BCUT2D eigenvalue weighted by atomic mass is 35.5. The largest absolute Gasteiger partial charge is 0.461 e. The van der Waals surface area contributed by atoms with Gasteiger partial charge in [0.2, 0.25) is 11.8 Å². The summed E-state index contributed by atoms with van der Waals surface area (Å²) in [5, 5.41) is 6.01. The third kappa shape index (κ3) is 9.84. The van der Waals surface area contributed by atoms with Crippen molar-refractivity contribution in [3.05, 3.63) is 35.4 Å². The Balaban J connectivity index is 0.00000507. The van der Waals surface area contributed by atoms with Crippen LogP contribution in [0.25, 0.3) is 0 Å². The third-order valence-electron chi connectivity index (χ3n) is 6.94. The van der Waals surface area contributed by atoms with Crippen LogP contribution in [0.4, 0.5) is 13.2 Å². The summed E-state index contributed by atoms with van der Waals surface area (Å²) < 4.78 is 43.1. The molecule has 2 heterocycles. The van der Waals surface area contributed by atoms with Crippen molar-refractivity contribution in [2.45, 2.75) is 63.8 Å². The maximum absolute atomic E-state index is 12.8. The SMILES string of the molecule is C#C[C@H](CC(=O)OCc1ccc(C(F)(F)F)cc1)NC(=O)[C@@H]1CCCN(C(=O)CCC2CCNCC2)C1.Cl. The van der Waals surface area contributed by atoms with Crippen LogP contribution in [0.15, 0.2) is 24.3 Å². The number of hydrogen-bond donors (Lipinski definition) is 2. The number of terminal acetylenes is 1. The predicted octanol–water partition coefficient (Wildman–Crippen LogP) is 3.70. The molecule has 3 rings (SSSR count). The molecular formula is C27H35ClF3N3O4. The van der Waals surface area contributed by atoms with Gasteiger partial charge in [-0.3, -0.25) is 14.4 Å². The molecule has 2 aliphatic rings. The zero-order valence-electron chi connectivity index (χ0n) is 21.2. The molecule has 1 aromatic carbocycles. The van der Waals surface area contributed by atoms with Gasteiger partial charge in [0.05, 0.1) is 17.9 Å². The molecule has 0 spiro atoms. The van der Waals surface area contributed by atoms with E-state index in [1.807, 2.05) is 0 Å². The maximum Gasteiger partial charge on any atom is 0.416 e. The standard InChI is InChI=1S/C27H34F3N3O4.ClH/c1-2-23(16-25(35)37-18-20-5-8-22(9-6-20)27(28,29)30)32-26(36)21-4-3-15-33(17-21)24(34)10-7-19-11-13-31-14-12-19;/h1,5-6,8-9,19,21,23,31H,3-4,7,10-18H2,(H,32,36);1H/t21-,23-;/m1./s1. The van der Waals surface area contributed by atoms with E-state index in [0.29, 0.717) is 43.8 Å². The monoisotopic (exact) mass is 557 g/mol. The molecule has 2 fully saturated rings. The van der Waals surface area contributed by atoms with Crippen molar-refractivity contribution >= 4 is 30.2 Å². The fourth-order valence-corrected chi connectivity index (χ4v) is 4.69. The number of piperidine rings is 2. The van der Waals surface area contributed by atoms with E-state index >= 15 is 0 Å². The Morgan fingerprint density at radius 2 is 1.84 bits per heavy atom. The highest BCUT2D eigenvalue weighted by molar-refractivity contribution is 5.85. The smallest absolute Gasteiger partial charge is 0.416 e. The first-order chi connectivity index (χ1) is 17.7. The van der Waals surface area contributed by atoms with E-state index in [9.17, 15) is 27.6 Å². The van der Waals surface area contributed by atoms with E-state index in [0.717, 1.165) is 44.5 Å². The number of amides is 2. The number of ether oxygens (including phenoxy) is 1. The number of rotatable bonds is 9. The fraction of sp³-hybridized carbons (Fsp3) is 0.593. The summed E-state index contributed by atoms with van der Waals surface area (Å²) in [6, 6.07) is 3.41. The average molecular weight is 558 g/mol. The summed E-state index contributed by atoms with van der Waals surface area (Å²) in [4.78, 5) is 39.5. The van der Waals surface area contributed by atoms with E-state index in [2.05, 4.69) is 16.6 Å². The summed E-state index contributed by atoms with van der Waals surface area (Å²) in [6.07, 6.45) is 5.64. The van der Waals surface area contributed by atoms with Gasteiger partial charge in [0.25, 0.3) is 0 Å². The van der Waals surface area contributed by atoms with Crippen molar-refractivity contribution in [1.29, 1.82) is 0 Å². The van der Waals surface area contributed by atoms with Crippen molar-refractivity contribution in [1.82, 2.24) is 15.5 Å². The highest BCUT2D eigenvalue weighted by Gasteiger charge is 2.31. The van der Waals surface area contributed by atoms with Crippen LogP contribution in [0, 0.1) is 24.2 Å².